The average Bonchev–Trinajstić information content (AvgIpc) is 2.70. The molecule has 6 nitrogen and oxygen atoms in total. The van der Waals surface area contributed by atoms with Crippen LogP contribution >= 0.6 is 15.9 Å². The van der Waals surface area contributed by atoms with E-state index in [-0.39, 0.29) is 11.5 Å². The Morgan fingerprint density at radius 2 is 1.69 bits per heavy atom. The van der Waals surface area contributed by atoms with Gasteiger partial charge in [0.2, 0.25) is 0 Å². The second-order valence-corrected chi connectivity index (χ2v) is 7.34. The third-order valence-corrected chi connectivity index (χ3v) is 4.76. The summed E-state index contributed by atoms with van der Waals surface area (Å²) in [6.45, 7) is 4.12. The van der Waals surface area contributed by atoms with Crippen LogP contribution in [0.15, 0.2) is 34.8 Å². The van der Waals surface area contributed by atoms with Crippen LogP contribution in [0.3, 0.4) is 0 Å². The summed E-state index contributed by atoms with van der Waals surface area (Å²) in [6.07, 6.45) is 1.99. The van der Waals surface area contributed by atoms with E-state index in [0.29, 0.717) is 54.2 Å². The van der Waals surface area contributed by atoms with Gasteiger partial charge in [-0.15, -0.1) is 0 Å². The van der Waals surface area contributed by atoms with E-state index in [2.05, 4.69) is 15.9 Å². The highest BCUT2D eigenvalue weighted by molar-refractivity contribution is 9.10. The molecule has 2 rings (SSSR count). The van der Waals surface area contributed by atoms with E-state index in [1.165, 1.54) is 14.0 Å². The number of methoxy groups -OCH3 is 1. The fourth-order valence-electron chi connectivity index (χ4n) is 2.85. The van der Waals surface area contributed by atoms with E-state index in [1.807, 2.05) is 6.92 Å². The fourth-order valence-corrected chi connectivity index (χ4v) is 3.21. The van der Waals surface area contributed by atoms with Crippen molar-refractivity contribution in [2.75, 3.05) is 20.3 Å². The van der Waals surface area contributed by atoms with E-state index in [9.17, 15) is 14.7 Å². The molecular weight excluding hydrogens is 440 g/mol. The van der Waals surface area contributed by atoms with Crippen LogP contribution in [0.4, 0.5) is 0 Å². The Balaban J connectivity index is 1.97. The molecule has 0 spiro atoms. The van der Waals surface area contributed by atoms with Gasteiger partial charge in [0.15, 0.2) is 5.78 Å². The fraction of sp³-hybridized carbons (Fsp3) is 0.364. The molecule has 0 aliphatic heterocycles. The zero-order chi connectivity index (χ0) is 21.4. The molecule has 0 aliphatic carbocycles. The Labute approximate surface area is 178 Å². The lowest BCUT2D eigenvalue weighted by Gasteiger charge is -2.15. The van der Waals surface area contributed by atoms with Gasteiger partial charge in [0.25, 0.3) is 0 Å². The molecule has 0 radical (unpaired) electrons. The van der Waals surface area contributed by atoms with Crippen LogP contribution in [0.5, 0.6) is 17.2 Å². The molecule has 7 heteroatoms. The highest BCUT2D eigenvalue weighted by Crippen LogP contribution is 2.33. The molecule has 0 aliphatic rings. The predicted molar refractivity (Wildman–Crippen MR) is 113 cm³/mol. The summed E-state index contributed by atoms with van der Waals surface area (Å²) in [5.74, 6) is 0.340. The normalized spacial score (nSPS) is 10.5. The van der Waals surface area contributed by atoms with Gasteiger partial charge in [-0.25, -0.2) is 4.79 Å². The molecular formula is C22H25BrO6. The Hall–Kier alpha value is -2.54. The minimum Gasteiger partial charge on any atom is -0.507 e. The number of carbonyl (C=O) groups is 2. The van der Waals surface area contributed by atoms with Crippen molar-refractivity contribution in [3.05, 3.63) is 51.5 Å². The second kappa shape index (κ2) is 10.9. The number of carbonyl (C=O) groups excluding carboxylic acids is 2. The topological polar surface area (TPSA) is 82.1 Å². The highest BCUT2D eigenvalue weighted by atomic mass is 79.9. The average molecular weight is 465 g/mol. The third kappa shape index (κ3) is 5.97. The quantitative estimate of drug-likeness (QED) is 0.304. The standard InChI is InChI=1S/C22H25BrO6/c1-4-6-17-19(10-8-16(14(2)24)21(17)25)28-11-5-12-29-20-9-7-15(23)13-18(20)22(26)27-3/h7-10,13,25H,4-6,11-12H2,1-3H3. The third-order valence-electron chi connectivity index (χ3n) is 4.27. The van der Waals surface area contributed by atoms with Crippen molar-refractivity contribution in [1.82, 2.24) is 0 Å². The first-order chi connectivity index (χ1) is 13.9. The van der Waals surface area contributed by atoms with Gasteiger partial charge in [-0.2, -0.15) is 0 Å². The number of rotatable bonds is 10. The van der Waals surface area contributed by atoms with Crippen molar-refractivity contribution < 1.29 is 28.9 Å². The molecule has 1 N–H and O–H groups in total. The van der Waals surface area contributed by atoms with Crippen molar-refractivity contribution in [2.24, 2.45) is 0 Å². The Bertz CT molecular complexity index is 878. The van der Waals surface area contributed by atoms with Gasteiger partial charge in [0.05, 0.1) is 25.9 Å². The number of ether oxygens (including phenoxy) is 3. The summed E-state index contributed by atoms with van der Waals surface area (Å²) in [7, 11) is 1.32. The maximum Gasteiger partial charge on any atom is 0.341 e. The van der Waals surface area contributed by atoms with Gasteiger partial charge in [0.1, 0.15) is 22.8 Å². The summed E-state index contributed by atoms with van der Waals surface area (Å²) >= 11 is 3.33. The van der Waals surface area contributed by atoms with Crippen LogP contribution in [0.2, 0.25) is 0 Å². The second-order valence-electron chi connectivity index (χ2n) is 6.43. The number of aromatic hydroxyl groups is 1. The number of ketones is 1. The number of phenolic OH excluding ortho intramolecular Hbond substituents is 1. The summed E-state index contributed by atoms with van der Waals surface area (Å²) < 4.78 is 17.1. The van der Waals surface area contributed by atoms with Gasteiger partial charge in [0, 0.05) is 16.5 Å². The Kier molecular flexibility index (Phi) is 8.51. The minimum absolute atomic E-state index is 0.00863. The van der Waals surface area contributed by atoms with Gasteiger partial charge in [-0.3, -0.25) is 4.79 Å². The minimum atomic E-state index is -0.470. The molecule has 29 heavy (non-hydrogen) atoms. The van der Waals surface area contributed by atoms with E-state index >= 15 is 0 Å². The lowest BCUT2D eigenvalue weighted by Crippen LogP contribution is -2.10. The lowest BCUT2D eigenvalue weighted by molar-refractivity contribution is 0.0595. The molecule has 0 amide bonds. The maximum absolute atomic E-state index is 11.9. The number of phenols is 1. The van der Waals surface area contributed by atoms with Crippen LogP contribution < -0.4 is 9.47 Å². The molecule has 0 saturated heterocycles. The number of hydrogen-bond donors (Lipinski definition) is 1. The zero-order valence-corrected chi connectivity index (χ0v) is 18.4. The van der Waals surface area contributed by atoms with E-state index in [4.69, 9.17) is 14.2 Å². The van der Waals surface area contributed by atoms with E-state index < -0.39 is 5.97 Å². The molecule has 0 heterocycles. The predicted octanol–water partition coefficient (Wildman–Crippen LogP) is 4.94. The summed E-state index contributed by atoms with van der Waals surface area (Å²) in [5, 5.41) is 10.4. The SMILES string of the molecule is CCCc1c(OCCCOc2ccc(Br)cc2C(=O)OC)ccc(C(C)=O)c1O. The number of hydrogen-bond acceptors (Lipinski definition) is 6. The Morgan fingerprint density at radius 3 is 2.31 bits per heavy atom. The molecule has 156 valence electrons. The number of Topliss-reactive ketones (excluding diaryl/α,β-unsaturated/α-hetero) is 1. The molecule has 0 atom stereocenters. The number of benzene rings is 2. The molecule has 2 aromatic carbocycles. The molecule has 0 fully saturated rings. The van der Waals surface area contributed by atoms with Crippen molar-refractivity contribution in [2.45, 2.75) is 33.1 Å². The van der Waals surface area contributed by atoms with Crippen molar-refractivity contribution in [3.8, 4) is 17.2 Å². The maximum atomic E-state index is 11.9. The number of esters is 1. The van der Waals surface area contributed by atoms with E-state index in [1.54, 1.807) is 30.3 Å². The van der Waals surface area contributed by atoms with Gasteiger partial charge >= 0.3 is 5.97 Å². The summed E-state index contributed by atoms with van der Waals surface area (Å²) in [6, 6.07) is 8.43. The first-order valence-electron chi connectivity index (χ1n) is 9.38. The van der Waals surface area contributed by atoms with Crippen LogP contribution in [0.25, 0.3) is 0 Å². The van der Waals surface area contributed by atoms with Crippen LogP contribution in [-0.2, 0) is 11.2 Å². The van der Waals surface area contributed by atoms with Crippen LogP contribution in [0, 0.1) is 0 Å². The van der Waals surface area contributed by atoms with Crippen LogP contribution in [0.1, 0.15) is 53.0 Å². The largest absolute Gasteiger partial charge is 0.507 e. The Morgan fingerprint density at radius 1 is 1.03 bits per heavy atom. The van der Waals surface area contributed by atoms with Crippen molar-refractivity contribution >= 4 is 27.7 Å². The number of halogens is 1. The van der Waals surface area contributed by atoms with Crippen molar-refractivity contribution in [3.63, 3.8) is 0 Å². The summed E-state index contributed by atoms with van der Waals surface area (Å²) in [4.78, 5) is 23.5. The first-order valence-corrected chi connectivity index (χ1v) is 10.2. The van der Waals surface area contributed by atoms with Crippen molar-refractivity contribution in [1.29, 1.82) is 0 Å². The first kappa shape index (κ1) is 22.7. The van der Waals surface area contributed by atoms with Gasteiger partial charge in [-0.1, -0.05) is 29.3 Å². The van der Waals surface area contributed by atoms with E-state index in [0.717, 1.165) is 10.9 Å². The van der Waals surface area contributed by atoms with Gasteiger partial charge < -0.3 is 19.3 Å². The molecule has 0 aromatic heterocycles. The molecule has 0 bridgehead atoms. The lowest BCUT2D eigenvalue weighted by atomic mass is 10.0. The summed E-state index contributed by atoms with van der Waals surface area (Å²) in [5.41, 5.74) is 1.29. The van der Waals surface area contributed by atoms with Crippen LogP contribution in [-0.4, -0.2) is 37.2 Å². The van der Waals surface area contributed by atoms with Gasteiger partial charge in [-0.05, 0) is 43.7 Å². The molecule has 0 unspecified atom stereocenters. The molecule has 0 saturated carbocycles. The monoisotopic (exact) mass is 464 g/mol. The highest BCUT2D eigenvalue weighted by Gasteiger charge is 2.16. The zero-order valence-electron chi connectivity index (χ0n) is 16.8. The molecule has 2 aromatic rings. The smallest absolute Gasteiger partial charge is 0.341 e.